The summed E-state index contributed by atoms with van der Waals surface area (Å²) in [5, 5.41) is 3.67. The van der Waals surface area contributed by atoms with Crippen LogP contribution in [0.3, 0.4) is 0 Å². The molecule has 8 bridgehead atoms. The Labute approximate surface area is 163 Å². The van der Waals surface area contributed by atoms with Gasteiger partial charge in [0.25, 0.3) is 0 Å². The van der Waals surface area contributed by atoms with Gasteiger partial charge < -0.3 is 19.5 Å². The van der Waals surface area contributed by atoms with E-state index in [2.05, 4.69) is 5.32 Å². The zero-order valence-corrected chi connectivity index (χ0v) is 16.3. The molecule has 0 radical (unpaired) electrons. The largest absolute Gasteiger partial charge is 0.469 e. The normalized spacial score (nSPS) is 47.6. The minimum atomic E-state index is -0.454. The van der Waals surface area contributed by atoms with Gasteiger partial charge >= 0.3 is 5.97 Å². The molecule has 6 heteroatoms. The van der Waals surface area contributed by atoms with Crippen molar-refractivity contribution in [1.29, 1.82) is 0 Å². The summed E-state index contributed by atoms with van der Waals surface area (Å²) < 4.78 is 30.4. The fourth-order valence-corrected chi connectivity index (χ4v) is 8.12. The lowest BCUT2D eigenvalue weighted by molar-refractivity contribution is -0.255. The first-order valence-corrected chi connectivity index (χ1v) is 10.2. The molecule has 0 heterocycles. The van der Waals surface area contributed by atoms with Gasteiger partial charge in [0.05, 0.1) is 13.0 Å². The predicted octanol–water partition coefficient (Wildman–Crippen LogP) is 2.06. The average molecular weight is 387 g/mol. The van der Waals surface area contributed by atoms with Crippen LogP contribution in [0.1, 0.15) is 5.56 Å². The summed E-state index contributed by atoms with van der Waals surface area (Å²) >= 11 is 0. The Balaban J connectivity index is 1.31. The van der Waals surface area contributed by atoms with Crippen LogP contribution < -0.4 is 5.32 Å². The van der Waals surface area contributed by atoms with E-state index in [1.54, 1.807) is 26.4 Å². The number of nitrogens with one attached hydrogen (secondary N) is 1. The summed E-state index contributed by atoms with van der Waals surface area (Å²) in [6, 6.07) is 6.67. The zero-order valence-electron chi connectivity index (χ0n) is 16.3. The van der Waals surface area contributed by atoms with Crippen LogP contribution in [0.15, 0.2) is 24.3 Å². The second kappa shape index (κ2) is 5.55. The summed E-state index contributed by atoms with van der Waals surface area (Å²) in [5.41, 5.74) is 1.03. The number of hydrogen-bond acceptors (Lipinski definition) is 5. The van der Waals surface area contributed by atoms with Crippen LogP contribution in [-0.2, 0) is 25.5 Å². The first kappa shape index (κ1) is 17.4. The summed E-state index contributed by atoms with van der Waals surface area (Å²) in [4.78, 5) is 12.8. The molecule has 7 aliphatic carbocycles. The molecule has 7 aliphatic rings. The molecule has 28 heavy (non-hydrogen) atoms. The van der Waals surface area contributed by atoms with Crippen LogP contribution in [0.25, 0.3) is 0 Å². The highest BCUT2D eigenvalue weighted by Crippen LogP contribution is 2.89. The number of esters is 1. The van der Waals surface area contributed by atoms with Crippen LogP contribution in [0.4, 0.5) is 4.39 Å². The Morgan fingerprint density at radius 2 is 1.54 bits per heavy atom. The van der Waals surface area contributed by atoms with Gasteiger partial charge in [0.2, 0.25) is 0 Å². The van der Waals surface area contributed by atoms with Crippen molar-refractivity contribution in [2.75, 3.05) is 21.3 Å². The maximum Gasteiger partial charge on any atom is 0.310 e. The van der Waals surface area contributed by atoms with E-state index in [0.29, 0.717) is 53.9 Å². The molecule has 1 aromatic carbocycles. The van der Waals surface area contributed by atoms with Crippen LogP contribution in [0.5, 0.6) is 0 Å². The molecule has 7 fully saturated rings. The Morgan fingerprint density at radius 1 is 0.964 bits per heavy atom. The number of carbonyl (C=O) groups is 1. The molecule has 150 valence electrons. The van der Waals surface area contributed by atoms with Crippen molar-refractivity contribution in [2.24, 2.45) is 53.3 Å². The average Bonchev–Trinajstić information content (AvgIpc) is 3.64. The van der Waals surface area contributed by atoms with Gasteiger partial charge in [-0.1, -0.05) is 12.1 Å². The van der Waals surface area contributed by atoms with E-state index in [9.17, 15) is 9.18 Å². The first-order valence-electron chi connectivity index (χ1n) is 10.2. The first-order chi connectivity index (χ1) is 13.6. The molecule has 0 amide bonds. The Kier molecular flexibility index (Phi) is 3.44. The molecule has 0 saturated heterocycles. The van der Waals surface area contributed by atoms with E-state index in [0.717, 1.165) is 5.56 Å². The van der Waals surface area contributed by atoms with Crippen LogP contribution >= 0.6 is 0 Å². The lowest BCUT2D eigenvalue weighted by atomic mass is 9.61. The third-order valence-corrected chi connectivity index (χ3v) is 8.76. The van der Waals surface area contributed by atoms with Crippen molar-refractivity contribution in [1.82, 2.24) is 5.32 Å². The molecule has 1 N–H and O–H groups in total. The van der Waals surface area contributed by atoms with E-state index in [1.807, 2.05) is 0 Å². The van der Waals surface area contributed by atoms with Gasteiger partial charge in [-0.15, -0.1) is 0 Å². The monoisotopic (exact) mass is 387 g/mol. The van der Waals surface area contributed by atoms with E-state index in [4.69, 9.17) is 14.2 Å². The van der Waals surface area contributed by atoms with Crippen molar-refractivity contribution in [3.63, 3.8) is 0 Å². The van der Waals surface area contributed by atoms with Gasteiger partial charge in [0.1, 0.15) is 5.82 Å². The lowest BCUT2D eigenvalue weighted by Gasteiger charge is -2.46. The fraction of sp³-hybridized carbons (Fsp3) is 0.682. The lowest BCUT2D eigenvalue weighted by Crippen LogP contribution is -2.57. The SMILES string of the molecule is COC(=O)[C@@H]1C2C3C4C(C5C2C5C(OC)(OC)C34)[C@@H]1NCc1ccc(F)cc1. The van der Waals surface area contributed by atoms with Gasteiger partial charge in [0, 0.05) is 38.6 Å². The number of hydrogen-bond donors (Lipinski definition) is 1. The number of rotatable bonds is 6. The van der Waals surface area contributed by atoms with Crippen LogP contribution in [0.2, 0.25) is 0 Å². The second-order valence-corrected chi connectivity index (χ2v) is 9.23. The second-order valence-electron chi connectivity index (χ2n) is 9.23. The number of fused-ring (bicyclic) bond motifs is 1. The molecule has 0 spiro atoms. The van der Waals surface area contributed by atoms with Crippen molar-refractivity contribution in [3.8, 4) is 0 Å². The van der Waals surface area contributed by atoms with Gasteiger partial charge in [0.15, 0.2) is 5.79 Å². The van der Waals surface area contributed by atoms with Gasteiger partial charge in [-0.25, -0.2) is 4.39 Å². The van der Waals surface area contributed by atoms with Crippen LogP contribution in [0, 0.1) is 59.1 Å². The zero-order chi connectivity index (χ0) is 19.4. The Bertz CT molecular complexity index is 798. The minimum Gasteiger partial charge on any atom is -0.469 e. The fourth-order valence-electron chi connectivity index (χ4n) is 8.12. The molecular weight excluding hydrogens is 361 g/mol. The smallest absolute Gasteiger partial charge is 0.310 e. The van der Waals surface area contributed by atoms with Gasteiger partial charge in [-0.2, -0.15) is 0 Å². The molecule has 0 aliphatic heterocycles. The van der Waals surface area contributed by atoms with E-state index in [-0.39, 0.29) is 23.7 Å². The highest BCUT2D eigenvalue weighted by atomic mass is 19.1. The third kappa shape index (κ3) is 1.85. The predicted molar refractivity (Wildman–Crippen MR) is 97.2 cm³/mol. The van der Waals surface area contributed by atoms with Crippen molar-refractivity contribution in [3.05, 3.63) is 35.6 Å². The Morgan fingerprint density at radius 3 is 2.07 bits per heavy atom. The molecule has 6 unspecified atom stereocenters. The highest BCUT2D eigenvalue weighted by Gasteiger charge is 2.92. The number of halogens is 1. The molecule has 8 rings (SSSR count). The van der Waals surface area contributed by atoms with Crippen molar-refractivity contribution < 1.29 is 23.4 Å². The summed E-state index contributed by atoms with van der Waals surface area (Å²) in [7, 11) is 5.03. The highest BCUT2D eigenvalue weighted by molar-refractivity contribution is 5.75. The quantitative estimate of drug-likeness (QED) is 0.598. The number of methoxy groups -OCH3 is 3. The standard InChI is InChI=1S/C22H26FNO4/c1-26-21(25)17-11-12-14-16(20(17)24-8-9-4-6-10(23)7-5-9)15-13(11)19(15)22(27-2,28-3)18(12)14/h4-7,11-20,24H,8H2,1-3H3/t11?,12?,13?,14?,15?,16?,17-,18?,19?,20+/m1/s1. The van der Waals surface area contributed by atoms with Crippen molar-refractivity contribution >= 4 is 5.97 Å². The van der Waals surface area contributed by atoms with Crippen molar-refractivity contribution in [2.45, 2.75) is 18.4 Å². The van der Waals surface area contributed by atoms with Gasteiger partial charge in [-0.3, -0.25) is 4.79 Å². The molecular formula is C22H26FNO4. The number of ether oxygens (including phenoxy) is 3. The third-order valence-electron chi connectivity index (χ3n) is 8.76. The molecule has 8 atom stereocenters. The molecule has 0 aromatic heterocycles. The molecule has 7 saturated carbocycles. The van der Waals surface area contributed by atoms with Gasteiger partial charge in [-0.05, 0) is 53.2 Å². The minimum absolute atomic E-state index is 0.0952. The van der Waals surface area contributed by atoms with E-state index in [1.165, 1.54) is 19.2 Å². The molecule has 1 aromatic rings. The topological polar surface area (TPSA) is 56.8 Å². The molecule has 5 nitrogen and oxygen atoms in total. The maximum absolute atomic E-state index is 13.2. The summed E-state index contributed by atoms with van der Waals surface area (Å²) in [6.45, 7) is 0.630. The van der Waals surface area contributed by atoms with E-state index < -0.39 is 5.79 Å². The Hall–Kier alpha value is -1.50. The summed E-state index contributed by atoms with van der Waals surface area (Å²) in [6.07, 6.45) is 0. The van der Waals surface area contributed by atoms with E-state index >= 15 is 0 Å². The van der Waals surface area contributed by atoms with Crippen LogP contribution in [-0.4, -0.2) is 39.1 Å². The number of benzene rings is 1. The summed E-state index contributed by atoms with van der Waals surface area (Å²) in [5.74, 6) is 2.88. The number of carbonyl (C=O) groups excluding carboxylic acids is 1. The maximum atomic E-state index is 13.2.